The van der Waals surface area contributed by atoms with Gasteiger partial charge in [-0.05, 0) is 54.3 Å². The molecule has 0 heterocycles. The summed E-state index contributed by atoms with van der Waals surface area (Å²) in [7, 11) is 0. The predicted molar refractivity (Wildman–Crippen MR) is 91.8 cm³/mol. The van der Waals surface area contributed by atoms with Gasteiger partial charge in [-0.15, -0.1) is 0 Å². The lowest BCUT2D eigenvalue weighted by Crippen LogP contribution is -2.20. The Kier molecular flexibility index (Phi) is 5.44. The second kappa shape index (κ2) is 6.93. The zero-order valence-electron chi connectivity index (χ0n) is 12.1. The third-order valence-electron chi connectivity index (χ3n) is 3.87. The summed E-state index contributed by atoms with van der Waals surface area (Å²) < 4.78 is 0.835. The standard InChI is InChI=1S/C17H19BrClNO/c1-10-3-4-12(7-11(10)2)15(9-20)17(21)14-8-13(19)5-6-16(14)18/h3-8,15,17,21H,9,20H2,1-2H3. The fraction of sp³-hybridized carbons (Fsp3) is 0.294. The Morgan fingerprint density at radius 3 is 2.48 bits per heavy atom. The molecule has 2 aromatic carbocycles. The van der Waals surface area contributed by atoms with E-state index in [-0.39, 0.29) is 5.92 Å². The van der Waals surface area contributed by atoms with Gasteiger partial charge in [0.15, 0.2) is 0 Å². The van der Waals surface area contributed by atoms with Crippen molar-refractivity contribution in [1.82, 2.24) is 0 Å². The van der Waals surface area contributed by atoms with Crippen LogP contribution in [0.25, 0.3) is 0 Å². The summed E-state index contributed by atoms with van der Waals surface area (Å²) in [5.41, 5.74) is 10.1. The molecule has 0 saturated heterocycles. The van der Waals surface area contributed by atoms with Crippen LogP contribution in [0.1, 0.15) is 34.3 Å². The van der Waals surface area contributed by atoms with Crippen LogP contribution in [0.2, 0.25) is 5.02 Å². The summed E-state index contributed by atoms with van der Waals surface area (Å²) in [5, 5.41) is 11.3. The van der Waals surface area contributed by atoms with Gasteiger partial charge >= 0.3 is 0 Å². The van der Waals surface area contributed by atoms with Crippen molar-refractivity contribution >= 4 is 27.5 Å². The van der Waals surface area contributed by atoms with Crippen molar-refractivity contribution in [3.05, 3.63) is 68.1 Å². The van der Waals surface area contributed by atoms with Crippen LogP contribution >= 0.6 is 27.5 Å². The molecule has 2 aromatic rings. The summed E-state index contributed by atoms with van der Waals surface area (Å²) in [6, 6.07) is 11.6. The topological polar surface area (TPSA) is 46.2 Å². The first kappa shape index (κ1) is 16.5. The van der Waals surface area contributed by atoms with E-state index >= 15 is 0 Å². The average Bonchev–Trinajstić information content (AvgIpc) is 2.46. The van der Waals surface area contributed by atoms with Crippen LogP contribution in [0.4, 0.5) is 0 Å². The minimum atomic E-state index is -0.704. The number of rotatable bonds is 4. The van der Waals surface area contributed by atoms with Crippen molar-refractivity contribution in [1.29, 1.82) is 0 Å². The first-order valence-corrected chi connectivity index (χ1v) is 8.01. The minimum absolute atomic E-state index is 0.168. The highest BCUT2D eigenvalue weighted by Gasteiger charge is 2.23. The molecule has 0 aliphatic heterocycles. The van der Waals surface area contributed by atoms with Crippen molar-refractivity contribution in [3.63, 3.8) is 0 Å². The number of aryl methyl sites for hydroxylation is 2. The van der Waals surface area contributed by atoms with E-state index in [0.29, 0.717) is 11.6 Å². The fourth-order valence-corrected chi connectivity index (χ4v) is 3.06. The fourth-order valence-electron chi connectivity index (χ4n) is 2.40. The lowest BCUT2D eigenvalue weighted by Gasteiger charge is -2.24. The van der Waals surface area contributed by atoms with E-state index in [0.717, 1.165) is 15.6 Å². The predicted octanol–water partition coefficient (Wildman–Crippen LogP) is 4.50. The van der Waals surface area contributed by atoms with Crippen molar-refractivity contribution in [2.75, 3.05) is 6.54 Å². The number of hydrogen-bond donors (Lipinski definition) is 2. The minimum Gasteiger partial charge on any atom is -0.388 e. The Bertz CT molecular complexity index is 645. The molecule has 0 aromatic heterocycles. The molecule has 3 N–H and O–H groups in total. The molecule has 2 nitrogen and oxygen atoms in total. The van der Waals surface area contributed by atoms with Gasteiger partial charge in [0, 0.05) is 22.0 Å². The van der Waals surface area contributed by atoms with E-state index in [2.05, 4.69) is 41.9 Å². The number of aliphatic hydroxyl groups is 1. The number of benzene rings is 2. The molecule has 2 rings (SSSR count). The summed E-state index contributed by atoms with van der Waals surface area (Å²) in [4.78, 5) is 0. The van der Waals surface area contributed by atoms with Gasteiger partial charge in [0.05, 0.1) is 6.10 Å². The Balaban J connectivity index is 2.40. The number of nitrogens with two attached hydrogens (primary N) is 1. The number of hydrogen-bond acceptors (Lipinski definition) is 2. The second-order valence-corrected chi connectivity index (χ2v) is 6.59. The zero-order chi connectivity index (χ0) is 15.6. The maximum atomic E-state index is 10.7. The Morgan fingerprint density at radius 1 is 1.14 bits per heavy atom. The van der Waals surface area contributed by atoms with Gasteiger partial charge in [-0.1, -0.05) is 45.7 Å². The van der Waals surface area contributed by atoms with Crippen molar-refractivity contribution in [2.45, 2.75) is 25.9 Å². The van der Waals surface area contributed by atoms with Crippen LogP contribution in [-0.4, -0.2) is 11.7 Å². The maximum absolute atomic E-state index is 10.7. The van der Waals surface area contributed by atoms with Crippen molar-refractivity contribution in [3.8, 4) is 0 Å². The Hall–Kier alpha value is -0.870. The zero-order valence-corrected chi connectivity index (χ0v) is 14.4. The van der Waals surface area contributed by atoms with Gasteiger partial charge < -0.3 is 10.8 Å². The Labute approximate surface area is 139 Å². The van der Waals surface area contributed by atoms with Crippen LogP contribution in [0, 0.1) is 13.8 Å². The molecule has 0 saturated carbocycles. The smallest absolute Gasteiger partial charge is 0.0882 e. The number of halogens is 2. The van der Waals surface area contributed by atoms with Gasteiger partial charge in [0.1, 0.15) is 0 Å². The third-order valence-corrected chi connectivity index (χ3v) is 4.83. The molecule has 0 spiro atoms. The van der Waals surface area contributed by atoms with Crippen molar-refractivity contribution in [2.24, 2.45) is 5.73 Å². The van der Waals surface area contributed by atoms with E-state index in [1.807, 2.05) is 12.1 Å². The molecular formula is C17H19BrClNO. The molecular weight excluding hydrogens is 350 g/mol. The van der Waals surface area contributed by atoms with E-state index in [4.69, 9.17) is 17.3 Å². The number of aliphatic hydroxyl groups excluding tert-OH is 1. The summed E-state index contributed by atoms with van der Waals surface area (Å²) in [6.45, 7) is 4.50. The molecule has 0 radical (unpaired) electrons. The van der Waals surface area contributed by atoms with E-state index < -0.39 is 6.10 Å². The molecule has 0 fully saturated rings. The summed E-state index contributed by atoms with van der Waals surface area (Å²) >= 11 is 9.51. The van der Waals surface area contributed by atoms with Gasteiger partial charge in [0.25, 0.3) is 0 Å². The van der Waals surface area contributed by atoms with Crippen LogP contribution in [0.3, 0.4) is 0 Å². The first-order valence-electron chi connectivity index (χ1n) is 6.84. The maximum Gasteiger partial charge on any atom is 0.0882 e. The molecule has 0 aliphatic carbocycles. The molecule has 4 heteroatoms. The largest absolute Gasteiger partial charge is 0.388 e. The quantitative estimate of drug-likeness (QED) is 0.835. The lowest BCUT2D eigenvalue weighted by atomic mass is 9.88. The molecule has 21 heavy (non-hydrogen) atoms. The van der Waals surface area contributed by atoms with Gasteiger partial charge in [-0.2, -0.15) is 0 Å². The van der Waals surface area contributed by atoms with Crippen LogP contribution in [-0.2, 0) is 0 Å². The molecule has 2 atom stereocenters. The first-order chi connectivity index (χ1) is 9.93. The highest BCUT2D eigenvalue weighted by molar-refractivity contribution is 9.10. The van der Waals surface area contributed by atoms with Gasteiger partial charge in [-0.25, -0.2) is 0 Å². The van der Waals surface area contributed by atoms with Crippen LogP contribution in [0.5, 0.6) is 0 Å². The molecule has 112 valence electrons. The van der Waals surface area contributed by atoms with E-state index in [9.17, 15) is 5.11 Å². The molecule has 0 bridgehead atoms. The monoisotopic (exact) mass is 367 g/mol. The normalized spacial score (nSPS) is 14.0. The summed E-state index contributed by atoms with van der Waals surface area (Å²) in [5.74, 6) is -0.168. The summed E-state index contributed by atoms with van der Waals surface area (Å²) in [6.07, 6.45) is -0.704. The molecule has 2 unspecified atom stereocenters. The highest BCUT2D eigenvalue weighted by atomic mass is 79.9. The lowest BCUT2D eigenvalue weighted by molar-refractivity contribution is 0.146. The van der Waals surface area contributed by atoms with Gasteiger partial charge in [0.2, 0.25) is 0 Å². The van der Waals surface area contributed by atoms with Gasteiger partial charge in [-0.3, -0.25) is 0 Å². The molecule has 0 aliphatic rings. The van der Waals surface area contributed by atoms with Crippen LogP contribution in [0.15, 0.2) is 40.9 Å². The van der Waals surface area contributed by atoms with Crippen LogP contribution < -0.4 is 5.73 Å². The highest BCUT2D eigenvalue weighted by Crippen LogP contribution is 2.36. The van der Waals surface area contributed by atoms with E-state index in [1.54, 1.807) is 12.1 Å². The Morgan fingerprint density at radius 2 is 1.86 bits per heavy atom. The average molecular weight is 369 g/mol. The van der Waals surface area contributed by atoms with E-state index in [1.165, 1.54) is 11.1 Å². The SMILES string of the molecule is Cc1ccc(C(CN)C(O)c2cc(Cl)ccc2Br)cc1C. The third kappa shape index (κ3) is 3.67. The second-order valence-electron chi connectivity index (χ2n) is 5.30. The molecule has 0 amide bonds. The van der Waals surface area contributed by atoms with Crippen molar-refractivity contribution < 1.29 is 5.11 Å².